The number of aromatic nitrogens is 1. The third-order valence-corrected chi connectivity index (χ3v) is 2.87. The van der Waals surface area contributed by atoms with Crippen LogP contribution >= 0.6 is 0 Å². The molecule has 0 saturated heterocycles. The molecule has 3 rings (SSSR count). The summed E-state index contributed by atoms with van der Waals surface area (Å²) in [7, 11) is 0. The third kappa shape index (κ3) is 1.51. The highest BCUT2D eigenvalue weighted by Gasteiger charge is 2.19. The van der Waals surface area contributed by atoms with Gasteiger partial charge in [0.15, 0.2) is 11.5 Å². The second-order valence-corrected chi connectivity index (χ2v) is 3.82. The van der Waals surface area contributed by atoms with Crippen molar-refractivity contribution in [2.24, 2.45) is 0 Å². The summed E-state index contributed by atoms with van der Waals surface area (Å²) in [6.07, 6.45) is 2.49. The van der Waals surface area contributed by atoms with E-state index in [4.69, 9.17) is 19.7 Å². The van der Waals surface area contributed by atoms with E-state index in [0.717, 1.165) is 34.6 Å². The Bertz CT molecular complexity index is 563. The predicted molar refractivity (Wildman–Crippen MR) is 61.9 cm³/mol. The van der Waals surface area contributed by atoms with E-state index in [2.05, 4.69) is 12.1 Å². The molecule has 0 atom stereocenters. The lowest BCUT2D eigenvalue weighted by Crippen LogP contribution is -1.92. The molecule has 0 spiro atoms. The summed E-state index contributed by atoms with van der Waals surface area (Å²) in [4.78, 5) is 0. The van der Waals surface area contributed by atoms with Crippen LogP contribution in [0, 0.1) is 0 Å². The Morgan fingerprint density at radius 1 is 1.24 bits per heavy atom. The summed E-state index contributed by atoms with van der Waals surface area (Å²) in [6, 6.07) is 3.90. The highest BCUT2D eigenvalue weighted by Crippen LogP contribution is 2.40. The molecule has 1 aromatic carbocycles. The topological polar surface area (TPSA) is 70.5 Å². The maximum absolute atomic E-state index is 5.74. The molecule has 0 aliphatic carbocycles. The molecule has 2 N–H and O–H groups in total. The quantitative estimate of drug-likeness (QED) is 0.859. The molecule has 0 fully saturated rings. The minimum Gasteiger partial charge on any atom is -0.454 e. The van der Waals surface area contributed by atoms with Gasteiger partial charge in [0.1, 0.15) is 0 Å². The molecule has 1 aliphatic heterocycles. The molecular weight excluding hydrogens is 220 g/mol. The average Bonchev–Trinajstić information content (AvgIpc) is 2.94. The second kappa shape index (κ2) is 3.69. The van der Waals surface area contributed by atoms with Crippen molar-refractivity contribution < 1.29 is 14.0 Å². The summed E-state index contributed by atoms with van der Waals surface area (Å²) in [5.74, 6) is 1.83. The molecule has 2 aromatic rings. The molecule has 0 radical (unpaired) electrons. The molecule has 0 saturated carbocycles. The van der Waals surface area contributed by atoms with Crippen LogP contribution in [-0.2, 0) is 6.42 Å². The van der Waals surface area contributed by atoms with E-state index in [9.17, 15) is 0 Å². The number of rotatable bonds is 2. The van der Waals surface area contributed by atoms with Crippen molar-refractivity contribution in [3.63, 3.8) is 0 Å². The SMILES string of the molecule is CCc1cc2c(cc1-c1cnoc1N)OCO2. The third-order valence-electron chi connectivity index (χ3n) is 2.87. The zero-order valence-electron chi connectivity index (χ0n) is 9.40. The Labute approximate surface area is 98.1 Å². The minimum absolute atomic E-state index is 0.265. The van der Waals surface area contributed by atoms with Gasteiger partial charge >= 0.3 is 0 Å². The van der Waals surface area contributed by atoms with Gasteiger partial charge in [0.25, 0.3) is 0 Å². The smallest absolute Gasteiger partial charge is 0.231 e. The van der Waals surface area contributed by atoms with Crippen LogP contribution in [0.1, 0.15) is 12.5 Å². The number of hydrogen-bond acceptors (Lipinski definition) is 5. The molecule has 1 aromatic heterocycles. The molecule has 17 heavy (non-hydrogen) atoms. The van der Waals surface area contributed by atoms with Crippen molar-refractivity contribution in [1.82, 2.24) is 5.16 Å². The second-order valence-electron chi connectivity index (χ2n) is 3.82. The standard InChI is InChI=1S/C12H12N2O3/c1-2-7-3-10-11(16-6-15-10)4-8(7)9-5-14-17-12(9)13/h3-5H,2,6,13H2,1H3. The van der Waals surface area contributed by atoms with Crippen LogP contribution in [0.5, 0.6) is 11.5 Å². The molecule has 2 heterocycles. The Hall–Kier alpha value is -2.17. The lowest BCUT2D eigenvalue weighted by molar-refractivity contribution is 0.174. The Morgan fingerprint density at radius 2 is 2.00 bits per heavy atom. The Kier molecular flexibility index (Phi) is 2.18. The number of nitrogens with two attached hydrogens (primary N) is 1. The Balaban J connectivity index is 2.19. The van der Waals surface area contributed by atoms with Gasteiger partial charge in [-0.05, 0) is 29.7 Å². The molecular formula is C12H12N2O3. The number of benzene rings is 1. The molecule has 5 nitrogen and oxygen atoms in total. The normalized spacial score (nSPS) is 13.0. The lowest BCUT2D eigenvalue weighted by atomic mass is 9.99. The highest BCUT2D eigenvalue weighted by molar-refractivity contribution is 5.77. The molecule has 88 valence electrons. The molecule has 0 unspecified atom stereocenters. The van der Waals surface area contributed by atoms with E-state index in [1.807, 2.05) is 12.1 Å². The van der Waals surface area contributed by atoms with Gasteiger partial charge < -0.3 is 19.7 Å². The average molecular weight is 232 g/mol. The van der Waals surface area contributed by atoms with E-state index in [0.29, 0.717) is 5.88 Å². The number of hydrogen-bond donors (Lipinski definition) is 1. The predicted octanol–water partition coefficient (Wildman–Crippen LogP) is 2.21. The number of nitrogen functional groups attached to an aromatic ring is 1. The number of aryl methyl sites for hydroxylation is 1. The van der Waals surface area contributed by atoms with Crippen LogP contribution in [0.15, 0.2) is 22.9 Å². The summed E-state index contributed by atoms with van der Waals surface area (Å²) in [5, 5.41) is 3.69. The van der Waals surface area contributed by atoms with E-state index in [1.54, 1.807) is 6.20 Å². The van der Waals surface area contributed by atoms with Crippen LogP contribution in [-0.4, -0.2) is 11.9 Å². The van der Waals surface area contributed by atoms with Gasteiger partial charge in [-0.1, -0.05) is 12.1 Å². The first-order valence-corrected chi connectivity index (χ1v) is 5.42. The fourth-order valence-electron chi connectivity index (χ4n) is 1.98. The van der Waals surface area contributed by atoms with Crippen molar-refractivity contribution in [2.45, 2.75) is 13.3 Å². The summed E-state index contributed by atoms with van der Waals surface area (Å²) < 4.78 is 15.6. The molecule has 1 aliphatic rings. The summed E-state index contributed by atoms with van der Waals surface area (Å²) >= 11 is 0. The summed E-state index contributed by atoms with van der Waals surface area (Å²) in [6.45, 7) is 2.34. The van der Waals surface area contributed by atoms with Crippen LogP contribution in [0.3, 0.4) is 0 Å². The monoisotopic (exact) mass is 232 g/mol. The zero-order chi connectivity index (χ0) is 11.8. The largest absolute Gasteiger partial charge is 0.454 e. The fraction of sp³-hybridized carbons (Fsp3) is 0.250. The first-order valence-electron chi connectivity index (χ1n) is 5.42. The number of anilines is 1. The van der Waals surface area contributed by atoms with E-state index >= 15 is 0 Å². The van der Waals surface area contributed by atoms with Gasteiger partial charge in [-0.25, -0.2) is 0 Å². The van der Waals surface area contributed by atoms with Gasteiger partial charge in [-0.15, -0.1) is 0 Å². The van der Waals surface area contributed by atoms with E-state index < -0.39 is 0 Å². The van der Waals surface area contributed by atoms with Gasteiger partial charge in [0, 0.05) is 0 Å². The lowest BCUT2D eigenvalue weighted by Gasteiger charge is -2.07. The van der Waals surface area contributed by atoms with Crippen molar-refractivity contribution in [1.29, 1.82) is 0 Å². The first kappa shape index (κ1) is 10.0. The van der Waals surface area contributed by atoms with Crippen molar-refractivity contribution >= 4 is 5.88 Å². The minimum atomic E-state index is 0.265. The van der Waals surface area contributed by atoms with E-state index in [1.165, 1.54) is 0 Å². The van der Waals surface area contributed by atoms with Crippen molar-refractivity contribution in [2.75, 3.05) is 12.5 Å². The molecule has 0 bridgehead atoms. The first-order chi connectivity index (χ1) is 8.29. The number of ether oxygens (including phenoxy) is 2. The van der Waals surface area contributed by atoms with Crippen LogP contribution in [0.2, 0.25) is 0 Å². The van der Waals surface area contributed by atoms with Gasteiger partial charge in [-0.3, -0.25) is 0 Å². The van der Waals surface area contributed by atoms with Gasteiger partial charge in [-0.2, -0.15) is 0 Å². The van der Waals surface area contributed by atoms with Crippen molar-refractivity contribution in [3.8, 4) is 22.6 Å². The number of fused-ring (bicyclic) bond motifs is 1. The molecule has 5 heteroatoms. The van der Waals surface area contributed by atoms with Gasteiger partial charge in [0.05, 0.1) is 11.8 Å². The van der Waals surface area contributed by atoms with E-state index in [-0.39, 0.29) is 6.79 Å². The van der Waals surface area contributed by atoms with Crippen molar-refractivity contribution in [3.05, 3.63) is 23.9 Å². The van der Waals surface area contributed by atoms with Gasteiger partial charge in [0.2, 0.25) is 12.7 Å². The van der Waals surface area contributed by atoms with Crippen LogP contribution in [0.25, 0.3) is 11.1 Å². The van der Waals surface area contributed by atoms with Crippen LogP contribution < -0.4 is 15.2 Å². The maximum atomic E-state index is 5.74. The molecule has 0 amide bonds. The highest BCUT2D eigenvalue weighted by atomic mass is 16.7. The summed E-state index contributed by atoms with van der Waals surface area (Å²) in [5.41, 5.74) is 8.64. The zero-order valence-corrected chi connectivity index (χ0v) is 9.40. The maximum Gasteiger partial charge on any atom is 0.231 e. The number of nitrogens with zero attached hydrogens (tertiary/aromatic N) is 1. The Morgan fingerprint density at radius 3 is 2.65 bits per heavy atom. The van der Waals surface area contributed by atoms with Crippen LogP contribution in [0.4, 0.5) is 5.88 Å². The fourth-order valence-corrected chi connectivity index (χ4v) is 1.98.